The standard InChI is InChI=1S/C25H22N4O5/c30-10-16-22(31)23(32)24(33)25(34-16)29-15-8-4-2-6-12(15)17-13-9-26-28-19(13)18-11-5-1-3-7-14(11)27-20(18)21(17)29/h1-9,16,22-26,28,30-33H,10H2/t16-,22-,23+,24-,25-/m1/s1. The van der Waals surface area contributed by atoms with Gasteiger partial charge in [0, 0.05) is 33.1 Å². The molecular formula is C25H22N4O5. The van der Waals surface area contributed by atoms with E-state index in [1.807, 2.05) is 59.3 Å². The van der Waals surface area contributed by atoms with Gasteiger partial charge in [-0.3, -0.25) is 0 Å². The van der Waals surface area contributed by atoms with Crippen LogP contribution in [0, 0.1) is 0 Å². The molecule has 6 N–H and O–H groups in total. The van der Waals surface area contributed by atoms with Crippen molar-refractivity contribution in [2.75, 3.05) is 6.61 Å². The fraction of sp³-hybridized carbons (Fsp3) is 0.240. The van der Waals surface area contributed by atoms with Gasteiger partial charge < -0.3 is 39.9 Å². The highest BCUT2D eigenvalue weighted by molar-refractivity contribution is 6.34. The van der Waals surface area contributed by atoms with Gasteiger partial charge >= 0.3 is 0 Å². The predicted molar refractivity (Wildman–Crippen MR) is 127 cm³/mol. The van der Waals surface area contributed by atoms with Crippen LogP contribution >= 0.6 is 0 Å². The molecule has 7 rings (SSSR count). The molecule has 0 radical (unpaired) electrons. The van der Waals surface area contributed by atoms with Gasteiger partial charge in [-0.05, 0) is 12.1 Å². The SMILES string of the molecule is OC[C@H]1O[C@@H](n2c3ccccc3c3c4c[nH][nH]c4c4c5ccccc5nc4c32)[C@H](O)[C@@H](O)[C@@H]1O. The summed E-state index contributed by atoms with van der Waals surface area (Å²) < 4.78 is 7.86. The number of para-hydroxylation sites is 2. The van der Waals surface area contributed by atoms with E-state index < -0.39 is 37.3 Å². The van der Waals surface area contributed by atoms with E-state index in [4.69, 9.17) is 9.72 Å². The molecule has 3 aromatic heterocycles. The summed E-state index contributed by atoms with van der Waals surface area (Å²) in [7, 11) is 0. The molecule has 9 nitrogen and oxygen atoms in total. The lowest BCUT2D eigenvalue weighted by atomic mass is 9.98. The number of nitrogens with zero attached hydrogens (tertiary/aromatic N) is 2. The van der Waals surface area contributed by atoms with E-state index in [0.29, 0.717) is 0 Å². The number of aromatic nitrogens is 4. The van der Waals surface area contributed by atoms with Crippen LogP contribution in [0.15, 0.2) is 54.7 Å². The molecule has 0 amide bonds. The molecule has 0 bridgehead atoms. The van der Waals surface area contributed by atoms with E-state index in [1.54, 1.807) is 0 Å². The van der Waals surface area contributed by atoms with Crippen molar-refractivity contribution in [1.29, 1.82) is 0 Å². The highest BCUT2D eigenvalue weighted by Gasteiger charge is 2.45. The molecule has 0 aliphatic carbocycles. The number of aliphatic hydroxyl groups is 4. The Morgan fingerprint density at radius 1 is 0.882 bits per heavy atom. The summed E-state index contributed by atoms with van der Waals surface area (Å²) in [4.78, 5) is 4.97. The summed E-state index contributed by atoms with van der Waals surface area (Å²) in [5.74, 6) is 0. The van der Waals surface area contributed by atoms with E-state index in [-0.39, 0.29) is 0 Å². The molecule has 1 aliphatic heterocycles. The van der Waals surface area contributed by atoms with Gasteiger partial charge in [0.25, 0.3) is 0 Å². The topological polar surface area (TPSA) is 140 Å². The van der Waals surface area contributed by atoms with Gasteiger partial charge in [0.15, 0.2) is 6.23 Å². The number of H-pyrrole nitrogens is 2. The molecule has 0 saturated carbocycles. The molecule has 0 unspecified atom stereocenters. The minimum atomic E-state index is -1.49. The van der Waals surface area contributed by atoms with Crippen LogP contribution in [0.1, 0.15) is 6.23 Å². The van der Waals surface area contributed by atoms with Gasteiger partial charge in [-0.2, -0.15) is 0 Å². The Kier molecular flexibility index (Phi) is 4.12. The molecule has 1 saturated heterocycles. The number of fused-ring (bicyclic) bond motifs is 10. The molecular weight excluding hydrogens is 436 g/mol. The van der Waals surface area contributed by atoms with Crippen molar-refractivity contribution >= 4 is 54.5 Å². The fourth-order valence-electron chi connectivity index (χ4n) is 5.55. The number of hydrogen-bond donors (Lipinski definition) is 6. The molecule has 0 spiro atoms. The maximum absolute atomic E-state index is 11.0. The zero-order chi connectivity index (χ0) is 23.1. The third-order valence-corrected chi connectivity index (χ3v) is 7.10. The Morgan fingerprint density at radius 3 is 2.47 bits per heavy atom. The van der Waals surface area contributed by atoms with E-state index in [0.717, 1.165) is 54.5 Å². The third kappa shape index (κ3) is 2.42. The second-order valence-corrected chi connectivity index (χ2v) is 8.89. The van der Waals surface area contributed by atoms with Gasteiger partial charge in [-0.25, -0.2) is 4.98 Å². The van der Waals surface area contributed by atoms with Crippen LogP contribution in [0.2, 0.25) is 0 Å². The first-order valence-corrected chi connectivity index (χ1v) is 11.2. The Bertz CT molecular complexity index is 1710. The third-order valence-electron chi connectivity index (χ3n) is 7.10. The van der Waals surface area contributed by atoms with Crippen molar-refractivity contribution in [2.24, 2.45) is 0 Å². The number of rotatable bonds is 2. The summed E-state index contributed by atoms with van der Waals surface area (Å²) in [6, 6.07) is 15.7. The highest BCUT2D eigenvalue weighted by Crippen LogP contribution is 2.45. The summed E-state index contributed by atoms with van der Waals surface area (Å²) in [5, 5.41) is 52.8. The first kappa shape index (κ1) is 20.0. The number of aromatic amines is 2. The Labute approximate surface area is 191 Å². The summed E-state index contributed by atoms with van der Waals surface area (Å²) in [5.41, 5.74) is 4.02. The van der Waals surface area contributed by atoms with E-state index in [2.05, 4.69) is 10.2 Å². The lowest BCUT2D eigenvalue weighted by Crippen LogP contribution is -2.56. The molecule has 6 aromatic rings. The van der Waals surface area contributed by atoms with E-state index in [1.165, 1.54) is 0 Å². The zero-order valence-electron chi connectivity index (χ0n) is 17.9. The first-order chi connectivity index (χ1) is 16.6. The lowest BCUT2D eigenvalue weighted by molar-refractivity contribution is -0.249. The lowest BCUT2D eigenvalue weighted by Gasteiger charge is -2.41. The van der Waals surface area contributed by atoms with Gasteiger partial charge in [0.2, 0.25) is 0 Å². The van der Waals surface area contributed by atoms with Crippen LogP contribution in [0.5, 0.6) is 0 Å². The monoisotopic (exact) mass is 458 g/mol. The van der Waals surface area contributed by atoms with Gasteiger partial charge in [-0.1, -0.05) is 36.4 Å². The first-order valence-electron chi connectivity index (χ1n) is 11.2. The largest absolute Gasteiger partial charge is 0.394 e. The van der Waals surface area contributed by atoms with Crippen LogP contribution in [-0.4, -0.2) is 71.2 Å². The van der Waals surface area contributed by atoms with Crippen LogP contribution < -0.4 is 0 Å². The number of ether oxygens (including phenoxy) is 1. The Hall–Kier alpha value is -3.47. The molecule has 172 valence electrons. The highest BCUT2D eigenvalue weighted by atomic mass is 16.6. The number of hydrogen-bond acceptors (Lipinski definition) is 6. The molecule has 34 heavy (non-hydrogen) atoms. The molecule has 1 aliphatic rings. The van der Waals surface area contributed by atoms with Gasteiger partial charge in [0.1, 0.15) is 24.4 Å². The molecule has 5 atom stereocenters. The van der Waals surface area contributed by atoms with Crippen molar-refractivity contribution in [3.8, 4) is 0 Å². The van der Waals surface area contributed by atoms with Gasteiger partial charge in [-0.15, -0.1) is 0 Å². The number of benzene rings is 3. The number of nitrogens with one attached hydrogen (secondary N) is 2. The zero-order valence-corrected chi connectivity index (χ0v) is 17.9. The van der Waals surface area contributed by atoms with Crippen LogP contribution in [0.3, 0.4) is 0 Å². The normalized spacial score (nSPS) is 25.9. The average molecular weight is 458 g/mol. The smallest absolute Gasteiger partial charge is 0.163 e. The molecule has 4 heterocycles. The molecule has 3 aromatic carbocycles. The van der Waals surface area contributed by atoms with Crippen molar-refractivity contribution in [1.82, 2.24) is 19.7 Å². The maximum atomic E-state index is 11.0. The van der Waals surface area contributed by atoms with Crippen LogP contribution in [0.4, 0.5) is 0 Å². The van der Waals surface area contributed by atoms with Gasteiger partial charge in [0.05, 0.1) is 34.2 Å². The van der Waals surface area contributed by atoms with Crippen LogP contribution in [0.25, 0.3) is 54.5 Å². The van der Waals surface area contributed by atoms with Crippen LogP contribution in [-0.2, 0) is 4.74 Å². The van der Waals surface area contributed by atoms with Crippen molar-refractivity contribution in [3.63, 3.8) is 0 Å². The van der Waals surface area contributed by atoms with E-state index in [9.17, 15) is 20.4 Å². The summed E-state index contributed by atoms with van der Waals surface area (Å²) in [6.07, 6.45) is -4.52. The Morgan fingerprint density at radius 2 is 1.65 bits per heavy atom. The summed E-state index contributed by atoms with van der Waals surface area (Å²) >= 11 is 0. The van der Waals surface area contributed by atoms with Crippen molar-refractivity contribution in [3.05, 3.63) is 54.7 Å². The minimum absolute atomic E-state index is 0.497. The minimum Gasteiger partial charge on any atom is -0.394 e. The number of aliphatic hydroxyl groups excluding tert-OH is 4. The molecule has 1 fully saturated rings. The predicted octanol–water partition coefficient (Wildman–Crippen LogP) is 2.28. The molecule has 9 heteroatoms. The quantitative estimate of drug-likeness (QED) is 0.235. The van der Waals surface area contributed by atoms with Crippen molar-refractivity contribution < 1.29 is 25.2 Å². The second kappa shape index (κ2) is 7.02. The fourth-order valence-corrected chi connectivity index (χ4v) is 5.55. The van der Waals surface area contributed by atoms with Crippen molar-refractivity contribution in [2.45, 2.75) is 30.6 Å². The van der Waals surface area contributed by atoms with E-state index >= 15 is 0 Å². The second-order valence-electron chi connectivity index (χ2n) is 8.89. The summed E-state index contributed by atoms with van der Waals surface area (Å²) in [6.45, 7) is -0.497. The maximum Gasteiger partial charge on any atom is 0.163 e. The Balaban J connectivity index is 1.69. The average Bonchev–Trinajstić information content (AvgIpc) is 3.56.